The maximum atomic E-state index is 13.5. The van der Waals surface area contributed by atoms with Crippen LogP contribution in [0.25, 0.3) is 10.2 Å². The van der Waals surface area contributed by atoms with E-state index in [0.29, 0.717) is 17.8 Å². The Hall–Kier alpha value is -2.55. The van der Waals surface area contributed by atoms with Gasteiger partial charge < -0.3 is 9.80 Å². The van der Waals surface area contributed by atoms with E-state index in [1.807, 2.05) is 6.07 Å². The Morgan fingerprint density at radius 1 is 1.19 bits per heavy atom. The van der Waals surface area contributed by atoms with Crippen LogP contribution in [0.1, 0.15) is 5.69 Å². The normalized spacial score (nSPS) is 22.4. The summed E-state index contributed by atoms with van der Waals surface area (Å²) in [6, 6.07) is 1.99. The molecule has 9 heteroatoms. The fraction of sp³-hybridized carbons (Fsp3) is 0.412. The fourth-order valence-electron chi connectivity index (χ4n) is 3.93. The standard InChI is InChI=1S/C17H17FN6OS/c1-9-14(18)15(25)22-16(20-9)23-5-10-7-24(8-11(10)6-23)17-21-12-4-19-3-2-13(12)26-17/h2-4,10-11H,5-8H2,1H3,(H,20,22,25). The van der Waals surface area contributed by atoms with Gasteiger partial charge in [0, 0.05) is 44.2 Å². The molecular formula is C17H17FN6OS. The quantitative estimate of drug-likeness (QED) is 0.739. The molecule has 0 bridgehead atoms. The smallest absolute Gasteiger partial charge is 0.288 e. The fourth-order valence-corrected chi connectivity index (χ4v) is 4.88. The summed E-state index contributed by atoms with van der Waals surface area (Å²) in [4.78, 5) is 31.7. The average Bonchev–Trinajstić information content (AvgIpc) is 3.30. The second kappa shape index (κ2) is 5.73. The number of nitrogens with one attached hydrogen (secondary N) is 1. The van der Waals surface area contributed by atoms with E-state index in [1.165, 1.54) is 6.92 Å². The molecule has 3 aromatic heterocycles. The molecule has 7 nitrogen and oxygen atoms in total. The lowest BCUT2D eigenvalue weighted by Gasteiger charge is -2.21. The lowest BCUT2D eigenvalue weighted by atomic mass is 10.0. The first kappa shape index (κ1) is 15.7. The molecule has 2 aliphatic heterocycles. The van der Waals surface area contributed by atoms with E-state index in [4.69, 9.17) is 4.98 Å². The molecule has 2 aliphatic rings. The molecule has 2 unspecified atom stereocenters. The van der Waals surface area contributed by atoms with Gasteiger partial charge in [-0.15, -0.1) is 0 Å². The number of pyridine rings is 1. The molecule has 0 amide bonds. The first-order valence-corrected chi connectivity index (χ1v) is 9.37. The van der Waals surface area contributed by atoms with Crippen molar-refractivity contribution in [3.63, 3.8) is 0 Å². The van der Waals surface area contributed by atoms with Gasteiger partial charge in [-0.05, 0) is 13.0 Å². The third kappa shape index (κ3) is 2.45. The first-order chi connectivity index (χ1) is 12.6. The summed E-state index contributed by atoms with van der Waals surface area (Å²) < 4.78 is 14.7. The Kier molecular flexibility index (Phi) is 3.46. The van der Waals surface area contributed by atoms with Gasteiger partial charge in [-0.3, -0.25) is 14.8 Å². The molecule has 26 heavy (non-hydrogen) atoms. The van der Waals surface area contributed by atoms with Crippen molar-refractivity contribution in [2.45, 2.75) is 6.92 Å². The number of rotatable bonds is 2. The van der Waals surface area contributed by atoms with Crippen molar-refractivity contribution in [2.75, 3.05) is 36.0 Å². The lowest BCUT2D eigenvalue weighted by Crippen LogP contribution is -2.31. The number of aromatic amines is 1. The molecule has 134 valence electrons. The van der Waals surface area contributed by atoms with Gasteiger partial charge in [-0.1, -0.05) is 11.3 Å². The predicted molar refractivity (Wildman–Crippen MR) is 98.4 cm³/mol. The van der Waals surface area contributed by atoms with Crippen molar-refractivity contribution in [2.24, 2.45) is 11.8 Å². The Bertz CT molecular complexity index is 1000. The van der Waals surface area contributed by atoms with Crippen molar-refractivity contribution in [1.82, 2.24) is 19.9 Å². The van der Waals surface area contributed by atoms with Gasteiger partial charge in [0.1, 0.15) is 5.52 Å². The Balaban J connectivity index is 1.34. The molecule has 0 radical (unpaired) electrons. The van der Waals surface area contributed by atoms with Crippen molar-refractivity contribution in [1.29, 1.82) is 0 Å². The molecule has 1 N–H and O–H groups in total. The number of fused-ring (bicyclic) bond motifs is 2. The van der Waals surface area contributed by atoms with E-state index in [2.05, 4.69) is 24.8 Å². The largest absolute Gasteiger partial charge is 0.347 e. The molecule has 0 spiro atoms. The van der Waals surface area contributed by atoms with Gasteiger partial charge in [0.25, 0.3) is 5.56 Å². The van der Waals surface area contributed by atoms with Crippen LogP contribution in [0.4, 0.5) is 15.5 Å². The Labute approximate surface area is 152 Å². The molecule has 3 aromatic rings. The number of thiazole rings is 1. The van der Waals surface area contributed by atoms with Crippen molar-refractivity contribution < 1.29 is 4.39 Å². The van der Waals surface area contributed by atoms with Crippen LogP contribution in [0, 0.1) is 24.6 Å². The van der Waals surface area contributed by atoms with Crippen molar-refractivity contribution in [3.05, 3.63) is 40.3 Å². The van der Waals surface area contributed by atoms with Crippen LogP contribution < -0.4 is 15.4 Å². The monoisotopic (exact) mass is 372 g/mol. The predicted octanol–water partition coefficient (Wildman–Crippen LogP) is 1.79. The van der Waals surface area contributed by atoms with Gasteiger partial charge in [0.15, 0.2) is 5.13 Å². The summed E-state index contributed by atoms with van der Waals surface area (Å²) in [5.41, 5.74) is 0.384. The summed E-state index contributed by atoms with van der Waals surface area (Å²) >= 11 is 1.70. The number of aromatic nitrogens is 4. The highest BCUT2D eigenvalue weighted by atomic mass is 32.1. The third-order valence-corrected chi connectivity index (χ3v) is 6.35. The van der Waals surface area contributed by atoms with Crippen molar-refractivity contribution in [3.8, 4) is 0 Å². The van der Waals surface area contributed by atoms with Crippen LogP contribution in [0.2, 0.25) is 0 Å². The van der Waals surface area contributed by atoms with E-state index in [9.17, 15) is 9.18 Å². The molecule has 0 saturated carbocycles. The van der Waals surface area contributed by atoms with E-state index in [0.717, 1.165) is 41.5 Å². The zero-order valence-electron chi connectivity index (χ0n) is 14.1. The van der Waals surface area contributed by atoms with Crippen molar-refractivity contribution >= 4 is 32.6 Å². The topological polar surface area (TPSA) is 78.0 Å². The number of hydrogen-bond acceptors (Lipinski definition) is 7. The van der Waals surface area contributed by atoms with Gasteiger partial charge in [0.05, 0.1) is 16.6 Å². The highest BCUT2D eigenvalue weighted by Gasteiger charge is 2.41. The zero-order chi connectivity index (χ0) is 17.8. The highest BCUT2D eigenvalue weighted by molar-refractivity contribution is 7.22. The maximum Gasteiger partial charge on any atom is 0.288 e. The van der Waals surface area contributed by atoms with Gasteiger partial charge in [0.2, 0.25) is 11.8 Å². The van der Waals surface area contributed by atoms with Gasteiger partial charge >= 0.3 is 0 Å². The minimum atomic E-state index is -0.801. The summed E-state index contributed by atoms with van der Waals surface area (Å²) in [7, 11) is 0. The van der Waals surface area contributed by atoms with Gasteiger partial charge in [-0.2, -0.15) is 4.39 Å². The summed E-state index contributed by atoms with van der Waals surface area (Å²) in [5, 5.41) is 1.04. The highest BCUT2D eigenvalue weighted by Crippen LogP contribution is 2.37. The Morgan fingerprint density at radius 3 is 2.62 bits per heavy atom. The van der Waals surface area contributed by atoms with Crippen LogP contribution in [0.5, 0.6) is 0 Å². The SMILES string of the molecule is Cc1nc(N2CC3CN(c4nc5cnccc5s4)CC3C2)[nH]c(=O)c1F. The molecule has 2 fully saturated rings. The number of anilines is 2. The minimum absolute atomic E-state index is 0.144. The van der Waals surface area contributed by atoms with Crippen LogP contribution in [-0.2, 0) is 0 Å². The second-order valence-electron chi connectivity index (χ2n) is 6.96. The maximum absolute atomic E-state index is 13.5. The average molecular weight is 372 g/mol. The summed E-state index contributed by atoms with van der Waals surface area (Å²) in [6.45, 7) is 5.00. The zero-order valence-corrected chi connectivity index (χ0v) is 15.0. The number of aryl methyl sites for hydroxylation is 1. The van der Waals surface area contributed by atoms with E-state index >= 15 is 0 Å². The molecule has 5 rings (SSSR count). The molecular weight excluding hydrogens is 355 g/mol. The molecule has 2 atom stereocenters. The Morgan fingerprint density at radius 2 is 1.92 bits per heavy atom. The third-order valence-electron chi connectivity index (χ3n) is 5.25. The molecule has 2 saturated heterocycles. The second-order valence-corrected chi connectivity index (χ2v) is 7.97. The molecule has 5 heterocycles. The van der Waals surface area contributed by atoms with E-state index in [-0.39, 0.29) is 5.69 Å². The van der Waals surface area contributed by atoms with E-state index in [1.54, 1.807) is 23.7 Å². The van der Waals surface area contributed by atoms with Gasteiger partial charge in [-0.25, -0.2) is 9.97 Å². The summed E-state index contributed by atoms with van der Waals surface area (Å²) in [5.74, 6) is 0.636. The summed E-state index contributed by atoms with van der Waals surface area (Å²) in [6.07, 6.45) is 3.59. The van der Waals surface area contributed by atoms with Crippen LogP contribution >= 0.6 is 11.3 Å². The first-order valence-electron chi connectivity index (χ1n) is 8.55. The number of H-pyrrole nitrogens is 1. The number of hydrogen-bond donors (Lipinski definition) is 1. The molecule has 0 aromatic carbocycles. The van der Waals surface area contributed by atoms with E-state index < -0.39 is 11.4 Å². The number of halogens is 1. The van der Waals surface area contributed by atoms with Crippen LogP contribution in [0.15, 0.2) is 23.3 Å². The lowest BCUT2D eigenvalue weighted by molar-refractivity contribution is 0.533. The van der Waals surface area contributed by atoms with Crippen LogP contribution in [-0.4, -0.2) is 46.1 Å². The minimum Gasteiger partial charge on any atom is -0.347 e. The number of nitrogens with zero attached hydrogens (tertiary/aromatic N) is 5. The van der Waals surface area contributed by atoms with Crippen LogP contribution in [0.3, 0.4) is 0 Å². The molecule has 0 aliphatic carbocycles.